The van der Waals surface area contributed by atoms with E-state index >= 15 is 0 Å². The summed E-state index contributed by atoms with van der Waals surface area (Å²) >= 11 is 6.00. The fourth-order valence-electron chi connectivity index (χ4n) is 3.76. The van der Waals surface area contributed by atoms with Crippen LogP contribution in [0.3, 0.4) is 0 Å². The quantitative estimate of drug-likeness (QED) is 0.591. The molecular weight excluding hydrogens is 349 g/mol. The molecule has 0 bridgehead atoms. The normalized spacial score (nSPS) is 16.6. The fourth-order valence-corrected chi connectivity index (χ4v) is 3.88. The second-order valence-corrected chi connectivity index (χ2v) is 7.06. The number of benzene rings is 3. The summed E-state index contributed by atoms with van der Waals surface area (Å²) in [6.07, 6.45) is 0.272. The molecule has 0 spiro atoms. The fraction of sp³-hybridized carbons (Fsp3) is 0.136. The van der Waals surface area contributed by atoms with Gasteiger partial charge in [0.1, 0.15) is 5.82 Å². The van der Waals surface area contributed by atoms with Gasteiger partial charge in [-0.3, -0.25) is 4.79 Å². The number of amides is 1. The van der Waals surface area contributed by atoms with E-state index in [1.807, 2.05) is 42.5 Å². The van der Waals surface area contributed by atoms with Crippen molar-refractivity contribution in [2.45, 2.75) is 12.3 Å². The maximum atomic E-state index is 13.8. The first-order chi connectivity index (χ1) is 12.5. The largest absolute Gasteiger partial charge is 0.307 e. The number of fused-ring (bicyclic) bond motifs is 3. The highest BCUT2D eigenvalue weighted by atomic mass is 35.5. The van der Waals surface area contributed by atoms with Crippen LogP contribution in [0.25, 0.3) is 10.8 Å². The van der Waals surface area contributed by atoms with Crippen LogP contribution in [0.5, 0.6) is 0 Å². The third-order valence-corrected chi connectivity index (χ3v) is 4.97. The van der Waals surface area contributed by atoms with Crippen molar-refractivity contribution in [1.82, 2.24) is 0 Å². The Morgan fingerprint density at radius 3 is 2.73 bits per heavy atom. The van der Waals surface area contributed by atoms with Gasteiger partial charge in [-0.05, 0) is 40.1 Å². The van der Waals surface area contributed by atoms with Crippen LogP contribution in [0.2, 0.25) is 0 Å². The predicted octanol–water partition coefficient (Wildman–Crippen LogP) is 5.60. The number of hydrogen-bond acceptors (Lipinski definition) is 1. The third-order valence-electron chi connectivity index (χ3n) is 4.85. The number of anilines is 1. The lowest BCUT2D eigenvalue weighted by Gasteiger charge is -2.35. The molecule has 0 aliphatic carbocycles. The van der Waals surface area contributed by atoms with Crippen LogP contribution in [0.1, 0.15) is 23.5 Å². The highest BCUT2D eigenvalue weighted by Crippen LogP contribution is 2.44. The van der Waals surface area contributed by atoms with Crippen molar-refractivity contribution in [3.63, 3.8) is 0 Å². The maximum Gasteiger partial charge on any atom is 0.228 e. The van der Waals surface area contributed by atoms with Gasteiger partial charge in [0.15, 0.2) is 0 Å². The Morgan fingerprint density at radius 1 is 1.15 bits per heavy atom. The molecule has 1 unspecified atom stereocenters. The van der Waals surface area contributed by atoms with Gasteiger partial charge in [0.05, 0.1) is 6.54 Å². The molecule has 0 fully saturated rings. The van der Waals surface area contributed by atoms with Crippen molar-refractivity contribution in [3.8, 4) is 0 Å². The van der Waals surface area contributed by atoms with Gasteiger partial charge in [-0.2, -0.15) is 0 Å². The Hall–Kier alpha value is -2.65. The summed E-state index contributed by atoms with van der Waals surface area (Å²) in [6, 6.07) is 18.5. The first-order valence-corrected chi connectivity index (χ1v) is 8.83. The van der Waals surface area contributed by atoms with E-state index in [1.165, 1.54) is 12.1 Å². The molecule has 1 amide bonds. The molecule has 3 aromatic carbocycles. The number of hydrogen-bond donors (Lipinski definition) is 0. The van der Waals surface area contributed by atoms with Crippen LogP contribution in [-0.2, 0) is 4.79 Å². The van der Waals surface area contributed by atoms with Crippen molar-refractivity contribution in [2.24, 2.45) is 0 Å². The summed E-state index contributed by atoms with van der Waals surface area (Å²) in [4.78, 5) is 14.5. The lowest BCUT2D eigenvalue weighted by Crippen LogP contribution is -2.37. The molecule has 4 rings (SSSR count). The zero-order chi connectivity index (χ0) is 18.3. The lowest BCUT2D eigenvalue weighted by molar-refractivity contribution is -0.119. The van der Waals surface area contributed by atoms with E-state index < -0.39 is 0 Å². The molecule has 0 aromatic heterocycles. The van der Waals surface area contributed by atoms with Crippen molar-refractivity contribution in [1.29, 1.82) is 0 Å². The van der Waals surface area contributed by atoms with Gasteiger partial charge in [0.25, 0.3) is 0 Å². The van der Waals surface area contributed by atoms with Gasteiger partial charge in [0.2, 0.25) is 5.91 Å². The minimum absolute atomic E-state index is 0.0381. The molecule has 0 N–H and O–H groups in total. The Bertz CT molecular complexity index is 1030. The standard InChI is InChI=1S/C22H17ClFNO/c1-14(23)13-25-20-10-9-15-5-2-3-8-18(15)22(20)19(12-21(25)26)16-6-4-7-17(24)11-16/h2-11,19H,1,12-13H2. The Labute approximate surface area is 156 Å². The van der Waals surface area contributed by atoms with Crippen LogP contribution in [0.4, 0.5) is 10.1 Å². The summed E-state index contributed by atoms with van der Waals surface area (Å²) < 4.78 is 13.8. The van der Waals surface area contributed by atoms with Crippen LogP contribution in [0, 0.1) is 5.82 Å². The summed E-state index contributed by atoms with van der Waals surface area (Å²) in [5.41, 5.74) is 2.66. The highest BCUT2D eigenvalue weighted by Gasteiger charge is 2.33. The minimum Gasteiger partial charge on any atom is -0.307 e. The predicted molar refractivity (Wildman–Crippen MR) is 104 cm³/mol. The number of nitrogens with zero attached hydrogens (tertiary/aromatic N) is 1. The second kappa shape index (κ2) is 6.58. The summed E-state index contributed by atoms with van der Waals surface area (Å²) in [5, 5.41) is 2.56. The molecule has 1 aliphatic rings. The third kappa shape index (κ3) is 2.89. The monoisotopic (exact) mass is 365 g/mol. The van der Waals surface area contributed by atoms with Crippen molar-refractivity contribution in [2.75, 3.05) is 11.4 Å². The van der Waals surface area contributed by atoms with Crippen LogP contribution in [0.15, 0.2) is 72.3 Å². The molecule has 2 nitrogen and oxygen atoms in total. The zero-order valence-corrected chi connectivity index (χ0v) is 14.8. The average molecular weight is 366 g/mol. The maximum absolute atomic E-state index is 13.8. The molecule has 1 heterocycles. The van der Waals surface area contributed by atoms with Crippen LogP contribution < -0.4 is 4.90 Å². The summed E-state index contributed by atoms with van der Waals surface area (Å²) in [7, 11) is 0. The molecule has 0 saturated heterocycles. The van der Waals surface area contributed by atoms with Gasteiger partial charge in [-0.1, -0.05) is 60.6 Å². The minimum atomic E-state index is -0.298. The average Bonchev–Trinajstić information content (AvgIpc) is 2.63. The molecule has 3 aromatic rings. The molecule has 0 radical (unpaired) electrons. The first kappa shape index (κ1) is 16.8. The molecule has 130 valence electrons. The zero-order valence-electron chi connectivity index (χ0n) is 14.1. The van der Waals surface area contributed by atoms with E-state index in [0.29, 0.717) is 5.03 Å². The van der Waals surface area contributed by atoms with Crippen LogP contribution >= 0.6 is 11.6 Å². The Kier molecular flexibility index (Phi) is 4.25. The SMILES string of the molecule is C=C(Cl)CN1C(=O)CC(c2cccc(F)c2)c2c1ccc1ccccc21. The van der Waals surface area contributed by atoms with Gasteiger partial charge in [0, 0.05) is 23.1 Å². The molecule has 1 aliphatic heterocycles. The molecule has 1 atom stereocenters. The molecule has 26 heavy (non-hydrogen) atoms. The number of carbonyl (C=O) groups is 1. The van der Waals surface area contributed by atoms with Gasteiger partial charge in [-0.15, -0.1) is 0 Å². The van der Waals surface area contributed by atoms with E-state index in [1.54, 1.807) is 11.0 Å². The van der Waals surface area contributed by atoms with Crippen LogP contribution in [-0.4, -0.2) is 12.5 Å². The first-order valence-electron chi connectivity index (χ1n) is 8.45. The second-order valence-electron chi connectivity index (χ2n) is 6.53. The van der Waals surface area contributed by atoms with Crippen molar-refractivity contribution >= 4 is 34.0 Å². The summed E-state index contributed by atoms with van der Waals surface area (Å²) in [6.45, 7) is 4.00. The molecule has 4 heteroatoms. The topological polar surface area (TPSA) is 20.3 Å². The molecular formula is C22H17ClFNO. The van der Waals surface area contributed by atoms with E-state index in [-0.39, 0.29) is 30.6 Å². The number of rotatable bonds is 3. The molecule has 0 saturated carbocycles. The number of halogens is 2. The lowest BCUT2D eigenvalue weighted by atomic mass is 9.81. The van der Waals surface area contributed by atoms with Crippen molar-refractivity contribution < 1.29 is 9.18 Å². The van der Waals surface area contributed by atoms with E-state index in [0.717, 1.165) is 27.6 Å². The van der Waals surface area contributed by atoms with E-state index in [9.17, 15) is 9.18 Å². The van der Waals surface area contributed by atoms with Crippen molar-refractivity contribution in [3.05, 3.63) is 89.2 Å². The highest BCUT2D eigenvalue weighted by molar-refractivity contribution is 6.30. The van der Waals surface area contributed by atoms with Gasteiger partial charge >= 0.3 is 0 Å². The smallest absolute Gasteiger partial charge is 0.228 e. The summed E-state index contributed by atoms with van der Waals surface area (Å²) in [5.74, 6) is -0.531. The van der Waals surface area contributed by atoms with Gasteiger partial charge in [-0.25, -0.2) is 4.39 Å². The number of carbonyl (C=O) groups excluding carboxylic acids is 1. The Morgan fingerprint density at radius 2 is 1.96 bits per heavy atom. The van der Waals surface area contributed by atoms with Gasteiger partial charge < -0.3 is 4.90 Å². The Balaban J connectivity index is 1.98. The van der Waals surface area contributed by atoms with E-state index in [4.69, 9.17) is 11.6 Å². The van der Waals surface area contributed by atoms with E-state index in [2.05, 4.69) is 6.58 Å².